The van der Waals surface area contributed by atoms with E-state index in [0.29, 0.717) is 28.5 Å². The maximum Gasteiger partial charge on any atom is 0.343 e. The fourth-order valence-corrected chi connectivity index (χ4v) is 4.66. The molecule has 0 amide bonds. The van der Waals surface area contributed by atoms with Crippen molar-refractivity contribution in [1.82, 2.24) is 0 Å². The first kappa shape index (κ1) is 22.8. The highest BCUT2D eigenvalue weighted by molar-refractivity contribution is 5.93. The van der Waals surface area contributed by atoms with Crippen molar-refractivity contribution in [1.29, 1.82) is 0 Å². The first-order valence-electron chi connectivity index (χ1n) is 11.7. The molecule has 4 nitrogen and oxygen atoms in total. The zero-order valence-electron chi connectivity index (χ0n) is 19.5. The van der Waals surface area contributed by atoms with Crippen LogP contribution in [0.5, 0.6) is 11.5 Å². The first-order chi connectivity index (χ1) is 16.0. The Bertz CT molecular complexity index is 1130. The van der Waals surface area contributed by atoms with Crippen LogP contribution in [0.3, 0.4) is 0 Å². The molecule has 0 radical (unpaired) electrons. The maximum absolute atomic E-state index is 13.1. The molecule has 0 spiro atoms. The minimum atomic E-state index is -0.473. The van der Waals surface area contributed by atoms with Crippen LogP contribution in [0.4, 0.5) is 0 Å². The Balaban J connectivity index is 1.82. The summed E-state index contributed by atoms with van der Waals surface area (Å²) in [5, 5.41) is 0. The molecule has 0 bridgehead atoms. The van der Waals surface area contributed by atoms with Gasteiger partial charge >= 0.3 is 11.9 Å². The summed E-state index contributed by atoms with van der Waals surface area (Å²) >= 11 is 0. The second-order valence-corrected chi connectivity index (χ2v) is 9.00. The highest BCUT2D eigenvalue weighted by atomic mass is 16.6. The number of carbonyl (C=O) groups excluding carboxylic acids is 2. The Morgan fingerprint density at radius 2 is 1.27 bits per heavy atom. The third-order valence-electron chi connectivity index (χ3n) is 6.27. The second kappa shape index (κ2) is 10.0. The van der Waals surface area contributed by atoms with Crippen molar-refractivity contribution in [2.24, 2.45) is 0 Å². The van der Waals surface area contributed by atoms with E-state index in [-0.39, 0.29) is 5.92 Å². The van der Waals surface area contributed by atoms with Crippen molar-refractivity contribution >= 4 is 11.9 Å². The average molecular weight is 443 g/mol. The number of rotatable bonds is 6. The Morgan fingerprint density at radius 1 is 0.788 bits per heavy atom. The molecule has 3 aromatic carbocycles. The van der Waals surface area contributed by atoms with Gasteiger partial charge in [-0.2, -0.15) is 0 Å². The van der Waals surface area contributed by atoms with Gasteiger partial charge in [-0.15, -0.1) is 0 Å². The molecule has 1 aliphatic carbocycles. The molecule has 0 atom stereocenters. The fourth-order valence-electron chi connectivity index (χ4n) is 4.66. The van der Waals surface area contributed by atoms with E-state index < -0.39 is 11.9 Å². The van der Waals surface area contributed by atoms with Crippen molar-refractivity contribution in [3.63, 3.8) is 0 Å². The first-order valence-corrected chi connectivity index (χ1v) is 11.7. The molecule has 0 N–H and O–H groups in total. The second-order valence-electron chi connectivity index (χ2n) is 9.00. The summed E-state index contributed by atoms with van der Waals surface area (Å²) in [6.07, 6.45) is 4.64. The summed E-state index contributed by atoms with van der Waals surface area (Å²) in [6, 6.07) is 19.9. The molecule has 0 unspecified atom stereocenters. The molecular formula is C29H30O4. The van der Waals surface area contributed by atoms with Gasteiger partial charge in [-0.25, -0.2) is 9.59 Å². The van der Waals surface area contributed by atoms with E-state index in [1.807, 2.05) is 19.1 Å². The molecule has 0 saturated heterocycles. The van der Waals surface area contributed by atoms with Crippen LogP contribution >= 0.6 is 0 Å². The van der Waals surface area contributed by atoms with Crippen molar-refractivity contribution < 1.29 is 19.1 Å². The molecule has 0 aromatic heterocycles. The lowest BCUT2D eigenvalue weighted by Gasteiger charge is -2.25. The van der Waals surface area contributed by atoms with E-state index in [1.54, 1.807) is 48.5 Å². The van der Waals surface area contributed by atoms with Crippen molar-refractivity contribution in [3.8, 4) is 11.5 Å². The van der Waals surface area contributed by atoms with Gasteiger partial charge < -0.3 is 9.47 Å². The van der Waals surface area contributed by atoms with Crippen LogP contribution < -0.4 is 9.47 Å². The van der Waals surface area contributed by atoms with Gasteiger partial charge in [-0.3, -0.25) is 0 Å². The van der Waals surface area contributed by atoms with Gasteiger partial charge in [0.15, 0.2) is 11.5 Å². The van der Waals surface area contributed by atoms with Crippen molar-refractivity contribution in [2.45, 2.75) is 58.3 Å². The summed E-state index contributed by atoms with van der Waals surface area (Å²) in [7, 11) is 0. The maximum atomic E-state index is 13.1. The number of aryl methyl sites for hydroxylation is 1. The number of carbonyl (C=O) groups is 2. The molecule has 1 aliphatic rings. The third kappa shape index (κ3) is 5.00. The van der Waals surface area contributed by atoms with Gasteiger partial charge in [0, 0.05) is 5.56 Å². The van der Waals surface area contributed by atoms with E-state index in [4.69, 9.17) is 9.47 Å². The lowest BCUT2D eigenvalue weighted by molar-refractivity contribution is 0.0679. The fraction of sp³-hybridized carbons (Fsp3) is 0.310. The van der Waals surface area contributed by atoms with Crippen molar-refractivity contribution in [2.75, 3.05) is 0 Å². The molecule has 33 heavy (non-hydrogen) atoms. The van der Waals surface area contributed by atoms with Crippen LogP contribution in [0.25, 0.3) is 0 Å². The van der Waals surface area contributed by atoms with Gasteiger partial charge in [0.2, 0.25) is 0 Å². The van der Waals surface area contributed by atoms with Gasteiger partial charge in [-0.1, -0.05) is 69.2 Å². The normalized spacial score (nSPS) is 13.8. The Kier molecular flexibility index (Phi) is 6.93. The standard InChI is InChI=1S/C29H30O4/c1-19(2)25-24(21-12-10-11-13-21)18-20(3)26(32-28(30)22-14-6-4-7-15-22)27(25)33-29(31)23-16-8-5-9-17-23/h4-9,14-19,21H,10-13H2,1-3H3. The Labute approximate surface area is 195 Å². The minimum Gasteiger partial charge on any atom is -0.419 e. The van der Waals surface area contributed by atoms with Crippen LogP contribution in [-0.2, 0) is 0 Å². The summed E-state index contributed by atoms with van der Waals surface area (Å²) in [5.41, 5.74) is 3.85. The van der Waals surface area contributed by atoms with Gasteiger partial charge in [0.25, 0.3) is 0 Å². The molecule has 170 valence electrons. The van der Waals surface area contributed by atoms with E-state index >= 15 is 0 Å². The summed E-state index contributed by atoms with van der Waals surface area (Å²) in [5.74, 6) is 0.267. The topological polar surface area (TPSA) is 52.6 Å². The smallest absolute Gasteiger partial charge is 0.343 e. The SMILES string of the molecule is Cc1cc(C2CCCC2)c(C(C)C)c(OC(=O)c2ccccc2)c1OC(=O)c1ccccc1. The van der Waals surface area contributed by atoms with Gasteiger partial charge in [0.05, 0.1) is 11.1 Å². The predicted octanol–water partition coefficient (Wildman–Crippen LogP) is 7.21. The predicted molar refractivity (Wildman–Crippen MR) is 129 cm³/mol. The average Bonchev–Trinajstić information content (AvgIpc) is 3.36. The van der Waals surface area contributed by atoms with E-state index in [2.05, 4.69) is 19.9 Å². The zero-order valence-corrected chi connectivity index (χ0v) is 19.5. The molecule has 3 aromatic rings. The van der Waals surface area contributed by atoms with Crippen molar-refractivity contribution in [3.05, 3.63) is 94.5 Å². The number of hydrogen-bond donors (Lipinski definition) is 0. The third-order valence-corrected chi connectivity index (χ3v) is 6.27. The Hall–Kier alpha value is -3.40. The van der Waals surface area contributed by atoms with Crippen LogP contribution in [-0.4, -0.2) is 11.9 Å². The molecule has 0 aliphatic heterocycles. The van der Waals surface area contributed by atoms with Crippen LogP contribution in [0.1, 0.15) is 88.8 Å². The van der Waals surface area contributed by atoms with E-state index in [9.17, 15) is 9.59 Å². The molecular weight excluding hydrogens is 412 g/mol. The summed E-state index contributed by atoms with van der Waals surface area (Å²) in [6.45, 7) is 6.09. The lowest BCUT2D eigenvalue weighted by atomic mass is 9.85. The quantitative estimate of drug-likeness (QED) is 0.299. The number of esters is 2. The van der Waals surface area contributed by atoms with E-state index in [0.717, 1.165) is 24.0 Å². The van der Waals surface area contributed by atoms with E-state index in [1.165, 1.54) is 18.4 Å². The minimum absolute atomic E-state index is 0.0916. The van der Waals surface area contributed by atoms with Crippen LogP contribution in [0, 0.1) is 6.92 Å². The van der Waals surface area contributed by atoms with Crippen LogP contribution in [0.15, 0.2) is 66.7 Å². The van der Waals surface area contributed by atoms with Gasteiger partial charge in [-0.05, 0) is 67.0 Å². The molecule has 1 saturated carbocycles. The van der Waals surface area contributed by atoms with Crippen LogP contribution in [0.2, 0.25) is 0 Å². The molecule has 4 rings (SSSR count). The largest absolute Gasteiger partial charge is 0.419 e. The monoisotopic (exact) mass is 442 g/mol. The number of hydrogen-bond acceptors (Lipinski definition) is 4. The molecule has 4 heteroatoms. The highest BCUT2D eigenvalue weighted by Crippen LogP contribution is 2.47. The van der Waals surface area contributed by atoms with Gasteiger partial charge in [0.1, 0.15) is 0 Å². The lowest BCUT2D eigenvalue weighted by Crippen LogP contribution is -2.16. The Morgan fingerprint density at radius 3 is 1.76 bits per heavy atom. The highest BCUT2D eigenvalue weighted by Gasteiger charge is 2.30. The number of ether oxygens (including phenoxy) is 2. The summed E-state index contributed by atoms with van der Waals surface area (Å²) in [4.78, 5) is 26.0. The molecule has 0 heterocycles. The summed E-state index contributed by atoms with van der Waals surface area (Å²) < 4.78 is 11.9. The number of benzene rings is 3. The zero-order chi connectivity index (χ0) is 23.4. The molecule has 1 fully saturated rings.